The molecule has 4 aromatic rings. The number of carbonyl (C=O) groups excluding carboxylic acids is 4. The van der Waals surface area contributed by atoms with Gasteiger partial charge in [-0.3, -0.25) is 23.9 Å². The van der Waals surface area contributed by atoms with Crippen LogP contribution in [0.3, 0.4) is 0 Å². The van der Waals surface area contributed by atoms with Gasteiger partial charge in [-0.05, 0) is 69.7 Å². The van der Waals surface area contributed by atoms with Crippen LogP contribution in [-0.4, -0.2) is 89.0 Å². The zero-order chi connectivity index (χ0) is 41.7. The van der Waals surface area contributed by atoms with E-state index in [9.17, 15) is 40.8 Å². The number of aromatic nitrogens is 2. The van der Waals surface area contributed by atoms with Crippen LogP contribution in [0, 0.1) is 12.8 Å². The zero-order valence-electron chi connectivity index (χ0n) is 31.8. The highest BCUT2D eigenvalue weighted by Crippen LogP contribution is 2.46. The molecule has 3 fully saturated rings. The van der Waals surface area contributed by atoms with Gasteiger partial charge in [0, 0.05) is 34.6 Å². The highest BCUT2D eigenvalue weighted by molar-refractivity contribution is 7.91. The Kier molecular flexibility index (Phi) is 10.5. The van der Waals surface area contributed by atoms with Gasteiger partial charge in [0.1, 0.15) is 35.2 Å². The average molecular weight is 839 g/mol. The topological polar surface area (TPSA) is 199 Å². The lowest BCUT2D eigenvalue weighted by molar-refractivity contribution is -0.274. The number of nitrogens with one attached hydrogen (secondary N) is 3. The minimum absolute atomic E-state index is 0.0256. The number of nitrogens with zero attached hydrogens (tertiary/aromatic N) is 3. The second-order valence-electron chi connectivity index (χ2n) is 15.5. The summed E-state index contributed by atoms with van der Waals surface area (Å²) in [4.78, 5) is 62.2. The summed E-state index contributed by atoms with van der Waals surface area (Å²) in [5.41, 5.74) is -1.25. The van der Waals surface area contributed by atoms with Crippen molar-refractivity contribution in [3.8, 4) is 11.6 Å². The number of sulfonamides is 1. The fourth-order valence-corrected chi connectivity index (χ4v) is 9.26. The van der Waals surface area contributed by atoms with Crippen LogP contribution in [0.25, 0.3) is 21.7 Å². The molecule has 59 heavy (non-hydrogen) atoms. The Morgan fingerprint density at radius 1 is 1.02 bits per heavy atom. The van der Waals surface area contributed by atoms with Crippen molar-refractivity contribution in [2.24, 2.45) is 5.92 Å². The third kappa shape index (κ3) is 8.56. The van der Waals surface area contributed by atoms with Crippen molar-refractivity contribution >= 4 is 55.3 Å². The van der Waals surface area contributed by atoms with E-state index in [1.54, 1.807) is 37.3 Å². The zero-order valence-corrected chi connectivity index (χ0v) is 32.6. The molecule has 3 N–H and O–H groups in total. The Morgan fingerprint density at radius 2 is 1.81 bits per heavy atom. The highest BCUT2D eigenvalue weighted by atomic mass is 32.2. The number of carbonyl (C=O) groups is 4. The van der Waals surface area contributed by atoms with E-state index >= 15 is 0 Å². The average Bonchev–Trinajstić information content (AvgIpc) is 4.07. The first-order valence-electron chi connectivity index (χ1n) is 19.4. The van der Waals surface area contributed by atoms with E-state index in [1.807, 2.05) is 6.08 Å². The number of benzene rings is 2. The Morgan fingerprint density at radius 3 is 2.56 bits per heavy atom. The smallest absolute Gasteiger partial charge is 0.472 e. The fraction of sp³-hybridized carbons (Fsp3) is 0.450. The maximum absolute atomic E-state index is 14.6. The van der Waals surface area contributed by atoms with E-state index in [0.29, 0.717) is 59.5 Å². The van der Waals surface area contributed by atoms with Crippen molar-refractivity contribution in [2.45, 2.75) is 100 Å². The molecule has 2 aliphatic carbocycles. The van der Waals surface area contributed by atoms with Crippen LogP contribution in [0.1, 0.15) is 74.0 Å². The van der Waals surface area contributed by atoms with Crippen LogP contribution in [0.5, 0.6) is 11.6 Å². The van der Waals surface area contributed by atoms with Crippen LogP contribution >= 0.6 is 0 Å². The lowest BCUT2D eigenvalue weighted by Crippen LogP contribution is -2.58. The summed E-state index contributed by atoms with van der Waals surface area (Å²) in [6.07, 6.45) is 1.49. The molecule has 1 saturated heterocycles. The molecule has 8 rings (SSSR count). The summed E-state index contributed by atoms with van der Waals surface area (Å²) in [7, 11) is -3.97. The number of para-hydroxylation sites is 1. The van der Waals surface area contributed by atoms with Crippen LogP contribution in [0.15, 0.2) is 65.2 Å². The number of halogens is 3. The van der Waals surface area contributed by atoms with Crippen molar-refractivity contribution in [3.63, 3.8) is 0 Å². The van der Waals surface area contributed by atoms with E-state index in [-0.39, 0.29) is 37.4 Å². The standard InChI is InChI=1S/C40H41F3N6O9S/c1-22-17-32(47-58-22)34(50)44-31-12-6-4-2-3-5-9-23-20-39(23,38(53)48-59(54,55)26-14-15-26)46-35(51)33-19-25(21-49(33)37(31)52)56-36-28-16-13-24(57-40(41,42)43)18-29(28)27-10-7-8-11-30(27)45-36/h5,7-11,13,16-18,23,25-26,31,33H,2-4,6,12,14-15,19-21H2,1H3,(H,44,50)(H,46,51)(H,48,53)/b9-5-/t23-,25-,31+,33+,39-/m1/s1. The fourth-order valence-electron chi connectivity index (χ4n) is 7.90. The first-order chi connectivity index (χ1) is 28.1. The Balaban J connectivity index is 1.13. The predicted octanol–water partition coefficient (Wildman–Crippen LogP) is 4.73. The number of allylic oxidation sites excluding steroid dienone is 1. The number of aryl methyl sites for hydroxylation is 1. The van der Waals surface area contributed by atoms with Gasteiger partial charge in [0.15, 0.2) is 5.69 Å². The first-order valence-corrected chi connectivity index (χ1v) is 21.0. The maximum atomic E-state index is 14.6. The van der Waals surface area contributed by atoms with Crippen molar-refractivity contribution in [1.29, 1.82) is 0 Å². The lowest BCUT2D eigenvalue weighted by Gasteiger charge is -2.29. The van der Waals surface area contributed by atoms with E-state index < -0.39 is 80.7 Å². The second kappa shape index (κ2) is 15.5. The number of rotatable bonds is 8. The summed E-state index contributed by atoms with van der Waals surface area (Å²) in [6, 6.07) is 9.55. The van der Waals surface area contributed by atoms with Crippen molar-refractivity contribution < 1.29 is 54.8 Å². The molecule has 4 aliphatic rings. The van der Waals surface area contributed by atoms with E-state index in [2.05, 4.69) is 30.2 Å². The molecule has 19 heteroatoms. The first kappa shape index (κ1) is 40.1. The molecule has 2 aromatic carbocycles. The van der Waals surface area contributed by atoms with Gasteiger partial charge < -0.3 is 29.5 Å². The van der Waals surface area contributed by atoms with Gasteiger partial charge in [-0.1, -0.05) is 48.3 Å². The van der Waals surface area contributed by atoms with Gasteiger partial charge >= 0.3 is 6.36 Å². The van der Waals surface area contributed by atoms with Crippen LogP contribution in [-0.2, 0) is 24.4 Å². The molecule has 5 atom stereocenters. The Labute approximate surface area is 336 Å². The number of amides is 4. The minimum Gasteiger partial charge on any atom is -0.472 e. The van der Waals surface area contributed by atoms with Gasteiger partial charge in [0.05, 0.1) is 17.3 Å². The summed E-state index contributed by atoms with van der Waals surface area (Å²) in [5.74, 6) is -3.43. The number of pyridine rings is 1. The normalized spacial score (nSPS) is 25.9. The Bertz CT molecular complexity index is 2470. The number of ether oxygens (including phenoxy) is 2. The molecule has 15 nitrogen and oxygen atoms in total. The molecule has 0 bridgehead atoms. The molecular formula is C40H41F3N6O9S. The van der Waals surface area contributed by atoms with Crippen LogP contribution < -0.4 is 24.8 Å². The van der Waals surface area contributed by atoms with Gasteiger partial charge in [-0.2, -0.15) is 0 Å². The molecule has 2 aromatic heterocycles. The third-order valence-corrected chi connectivity index (χ3v) is 13.0. The number of hydrogen-bond acceptors (Lipinski definition) is 11. The molecule has 0 spiro atoms. The van der Waals surface area contributed by atoms with Crippen molar-refractivity contribution in [1.82, 2.24) is 30.4 Å². The van der Waals surface area contributed by atoms with Crippen molar-refractivity contribution in [2.75, 3.05) is 6.54 Å². The summed E-state index contributed by atoms with van der Waals surface area (Å²) in [5, 5.41) is 9.87. The molecule has 4 amide bonds. The molecule has 2 saturated carbocycles. The number of alkyl halides is 3. The van der Waals surface area contributed by atoms with Gasteiger partial charge in [0.2, 0.25) is 27.7 Å². The number of fused-ring (bicyclic) bond motifs is 5. The Hall–Kier alpha value is -5.72. The summed E-state index contributed by atoms with van der Waals surface area (Å²) < 4.78 is 83.2. The number of hydrogen-bond donors (Lipinski definition) is 3. The monoisotopic (exact) mass is 838 g/mol. The van der Waals surface area contributed by atoms with Gasteiger partial charge in [0.25, 0.3) is 11.8 Å². The molecule has 312 valence electrons. The molecule has 2 aliphatic heterocycles. The minimum atomic E-state index is -4.94. The lowest BCUT2D eigenvalue weighted by atomic mass is 10.0. The molecule has 0 unspecified atom stereocenters. The SMILES string of the molecule is Cc1cc(C(=O)N[C@H]2CCCCC/C=C\[C@@H]3C[C@@]3(C(=O)NS(=O)(=O)C3CC3)NC(=O)[C@@H]3C[C@@H](Oc4nc5ccccc5c5cc(OC(F)(F)F)ccc45)CN3C2=O)no1. The van der Waals surface area contributed by atoms with Gasteiger partial charge in [-0.25, -0.2) is 13.4 Å². The van der Waals surface area contributed by atoms with E-state index in [4.69, 9.17) is 9.26 Å². The third-order valence-electron chi connectivity index (χ3n) is 11.2. The quantitative estimate of drug-likeness (QED) is 0.164. The predicted molar refractivity (Wildman–Crippen MR) is 204 cm³/mol. The maximum Gasteiger partial charge on any atom is 0.573 e. The molecular weight excluding hydrogens is 798 g/mol. The molecule has 0 radical (unpaired) electrons. The van der Waals surface area contributed by atoms with E-state index in [0.717, 1.165) is 12.5 Å². The molecule has 4 heterocycles. The van der Waals surface area contributed by atoms with Gasteiger partial charge in [-0.15, -0.1) is 13.2 Å². The second-order valence-corrected chi connectivity index (χ2v) is 17.5. The van der Waals surface area contributed by atoms with Crippen LogP contribution in [0.2, 0.25) is 0 Å². The largest absolute Gasteiger partial charge is 0.573 e. The van der Waals surface area contributed by atoms with E-state index in [1.165, 1.54) is 23.1 Å². The van der Waals surface area contributed by atoms with Crippen LogP contribution in [0.4, 0.5) is 13.2 Å². The highest BCUT2D eigenvalue weighted by Gasteiger charge is 2.62. The summed E-state index contributed by atoms with van der Waals surface area (Å²) >= 11 is 0. The van der Waals surface area contributed by atoms with Crippen molar-refractivity contribution in [3.05, 3.63) is 72.1 Å². The summed E-state index contributed by atoms with van der Waals surface area (Å²) in [6.45, 7) is 1.43.